The van der Waals surface area contributed by atoms with Crippen molar-refractivity contribution in [1.29, 1.82) is 0 Å². The van der Waals surface area contributed by atoms with Crippen LogP contribution in [0.3, 0.4) is 0 Å². The molecule has 0 saturated heterocycles. The molecule has 0 fully saturated rings. The minimum absolute atomic E-state index is 0.174. The van der Waals surface area contributed by atoms with E-state index in [2.05, 4.69) is 0 Å². The topological polar surface area (TPSA) is 83.6 Å². The van der Waals surface area contributed by atoms with E-state index in [1.807, 2.05) is 0 Å². The fraction of sp³-hybridized carbons (Fsp3) is 0.467. The molecule has 1 rings (SSSR count). The third-order valence-corrected chi connectivity index (χ3v) is 3.36. The van der Waals surface area contributed by atoms with E-state index in [-0.39, 0.29) is 18.5 Å². The van der Waals surface area contributed by atoms with Crippen LogP contribution < -0.4 is 5.73 Å². The highest BCUT2D eigenvalue weighted by atomic mass is 16.4. The number of nitrogen functional groups attached to an aromatic ring is 1. The summed E-state index contributed by atoms with van der Waals surface area (Å²) in [5, 5.41) is 8.94. The second-order valence-electron chi connectivity index (χ2n) is 5.67. The summed E-state index contributed by atoms with van der Waals surface area (Å²) in [4.78, 5) is 24.9. The van der Waals surface area contributed by atoms with Crippen LogP contribution in [-0.2, 0) is 15.0 Å². The van der Waals surface area contributed by atoms with Gasteiger partial charge in [0.2, 0.25) is 5.91 Å². The number of carboxylic acid groups (broad SMARTS) is 1. The second-order valence-corrected chi connectivity index (χ2v) is 5.67. The van der Waals surface area contributed by atoms with E-state index in [0.717, 1.165) is 5.56 Å². The van der Waals surface area contributed by atoms with Crippen LogP contribution in [0, 0.1) is 0 Å². The Labute approximate surface area is 119 Å². The summed E-state index contributed by atoms with van der Waals surface area (Å²) in [7, 11) is 0. The monoisotopic (exact) mass is 278 g/mol. The normalized spacial score (nSPS) is 11.4. The Morgan fingerprint density at radius 1 is 1.25 bits per heavy atom. The van der Waals surface area contributed by atoms with Crippen molar-refractivity contribution in [2.75, 3.05) is 12.3 Å². The lowest BCUT2D eigenvalue weighted by molar-refractivity contribution is -0.148. The molecule has 0 atom stereocenters. The summed E-state index contributed by atoms with van der Waals surface area (Å²) < 4.78 is 0. The van der Waals surface area contributed by atoms with E-state index in [1.165, 1.54) is 4.90 Å². The van der Waals surface area contributed by atoms with Crippen molar-refractivity contribution in [1.82, 2.24) is 4.90 Å². The summed E-state index contributed by atoms with van der Waals surface area (Å²) in [6, 6.07) is 6.90. The molecule has 0 aliphatic carbocycles. The summed E-state index contributed by atoms with van der Waals surface area (Å²) in [6.07, 6.45) is 0. The molecule has 5 heteroatoms. The Kier molecular flexibility index (Phi) is 4.76. The molecule has 110 valence electrons. The maximum atomic E-state index is 12.7. The lowest BCUT2D eigenvalue weighted by atomic mass is 9.82. The molecule has 5 nitrogen and oxygen atoms in total. The molecular formula is C15H22N2O3. The lowest BCUT2D eigenvalue weighted by Gasteiger charge is -2.34. The van der Waals surface area contributed by atoms with Gasteiger partial charge in [0.1, 0.15) is 6.54 Å². The predicted octanol–water partition coefficient (Wildman–Crippen LogP) is 1.87. The highest BCUT2D eigenvalue weighted by Crippen LogP contribution is 2.27. The minimum Gasteiger partial charge on any atom is -0.480 e. The molecule has 0 bridgehead atoms. The van der Waals surface area contributed by atoms with Gasteiger partial charge in [-0.15, -0.1) is 0 Å². The summed E-state index contributed by atoms with van der Waals surface area (Å²) in [5.74, 6) is -1.22. The first kappa shape index (κ1) is 16.0. The molecule has 0 aliphatic rings. The molecule has 0 aliphatic heterocycles. The first-order valence-electron chi connectivity index (χ1n) is 6.55. The van der Waals surface area contributed by atoms with Gasteiger partial charge < -0.3 is 15.7 Å². The minimum atomic E-state index is -1.01. The van der Waals surface area contributed by atoms with Gasteiger partial charge in [0.25, 0.3) is 0 Å². The van der Waals surface area contributed by atoms with Crippen LogP contribution in [0.2, 0.25) is 0 Å². The molecule has 0 spiro atoms. The van der Waals surface area contributed by atoms with Gasteiger partial charge in [-0.3, -0.25) is 9.59 Å². The standard InChI is InChI=1S/C15H22N2O3/c1-10(2)17(9-13(18)19)14(20)15(3,4)11-5-7-12(16)8-6-11/h5-8,10H,9,16H2,1-4H3,(H,18,19). The fourth-order valence-corrected chi connectivity index (χ4v) is 2.02. The van der Waals surface area contributed by atoms with Gasteiger partial charge in [-0.25, -0.2) is 0 Å². The average molecular weight is 278 g/mol. The number of carboxylic acids is 1. The van der Waals surface area contributed by atoms with Crippen molar-refractivity contribution in [2.45, 2.75) is 39.2 Å². The zero-order valence-electron chi connectivity index (χ0n) is 12.4. The third kappa shape index (κ3) is 3.50. The number of nitrogens with two attached hydrogens (primary N) is 1. The number of hydrogen-bond acceptors (Lipinski definition) is 3. The molecule has 0 aromatic heterocycles. The van der Waals surface area contributed by atoms with Crippen LogP contribution in [0.25, 0.3) is 0 Å². The Hall–Kier alpha value is -2.04. The van der Waals surface area contributed by atoms with Crippen molar-refractivity contribution < 1.29 is 14.7 Å². The third-order valence-electron chi connectivity index (χ3n) is 3.36. The molecule has 20 heavy (non-hydrogen) atoms. The van der Waals surface area contributed by atoms with Crippen molar-refractivity contribution in [3.63, 3.8) is 0 Å². The van der Waals surface area contributed by atoms with E-state index < -0.39 is 11.4 Å². The van der Waals surface area contributed by atoms with Crippen molar-refractivity contribution in [2.24, 2.45) is 0 Å². The summed E-state index contributed by atoms with van der Waals surface area (Å²) >= 11 is 0. The van der Waals surface area contributed by atoms with Crippen LogP contribution in [0.5, 0.6) is 0 Å². The second kappa shape index (κ2) is 5.94. The lowest BCUT2D eigenvalue weighted by Crippen LogP contribution is -2.48. The maximum absolute atomic E-state index is 12.7. The molecule has 0 heterocycles. The Morgan fingerprint density at radius 3 is 2.15 bits per heavy atom. The van der Waals surface area contributed by atoms with E-state index in [1.54, 1.807) is 52.0 Å². The molecule has 3 N–H and O–H groups in total. The molecule has 1 aromatic carbocycles. The number of amides is 1. The molecule has 0 saturated carbocycles. The van der Waals surface area contributed by atoms with Crippen LogP contribution in [0.4, 0.5) is 5.69 Å². The van der Waals surface area contributed by atoms with Gasteiger partial charge in [0.15, 0.2) is 0 Å². The van der Waals surface area contributed by atoms with Crippen molar-refractivity contribution in [3.8, 4) is 0 Å². The maximum Gasteiger partial charge on any atom is 0.323 e. The average Bonchev–Trinajstić information content (AvgIpc) is 2.35. The smallest absolute Gasteiger partial charge is 0.323 e. The number of carbonyl (C=O) groups is 2. The van der Waals surface area contributed by atoms with E-state index in [4.69, 9.17) is 10.8 Å². The molecule has 0 radical (unpaired) electrons. The van der Waals surface area contributed by atoms with E-state index >= 15 is 0 Å². The number of anilines is 1. The first-order chi connectivity index (χ1) is 9.16. The highest BCUT2D eigenvalue weighted by Gasteiger charge is 2.35. The fourth-order valence-electron chi connectivity index (χ4n) is 2.02. The molecule has 0 unspecified atom stereocenters. The Balaban J connectivity index is 3.08. The first-order valence-corrected chi connectivity index (χ1v) is 6.55. The van der Waals surface area contributed by atoms with Gasteiger partial charge >= 0.3 is 5.97 Å². The molecule has 1 aromatic rings. The summed E-state index contributed by atoms with van der Waals surface area (Å²) in [6.45, 7) is 6.89. The zero-order valence-corrected chi connectivity index (χ0v) is 12.4. The Morgan fingerprint density at radius 2 is 1.75 bits per heavy atom. The number of benzene rings is 1. The predicted molar refractivity (Wildman–Crippen MR) is 78.4 cm³/mol. The SMILES string of the molecule is CC(C)N(CC(=O)O)C(=O)C(C)(C)c1ccc(N)cc1. The van der Waals surface area contributed by atoms with Gasteiger partial charge in [-0.05, 0) is 45.4 Å². The number of carbonyl (C=O) groups excluding carboxylic acids is 1. The van der Waals surface area contributed by atoms with Gasteiger partial charge in [0, 0.05) is 11.7 Å². The van der Waals surface area contributed by atoms with Crippen LogP contribution >= 0.6 is 0 Å². The number of rotatable bonds is 5. The van der Waals surface area contributed by atoms with Crippen molar-refractivity contribution in [3.05, 3.63) is 29.8 Å². The number of hydrogen-bond donors (Lipinski definition) is 2. The zero-order chi connectivity index (χ0) is 15.5. The molecular weight excluding hydrogens is 256 g/mol. The van der Waals surface area contributed by atoms with Crippen LogP contribution in [-0.4, -0.2) is 34.5 Å². The van der Waals surface area contributed by atoms with Gasteiger partial charge in [-0.1, -0.05) is 12.1 Å². The van der Waals surface area contributed by atoms with Crippen LogP contribution in [0.15, 0.2) is 24.3 Å². The molecule has 1 amide bonds. The van der Waals surface area contributed by atoms with Gasteiger partial charge in [0.05, 0.1) is 5.41 Å². The number of aliphatic carboxylic acids is 1. The number of nitrogens with zero attached hydrogens (tertiary/aromatic N) is 1. The summed E-state index contributed by atoms with van der Waals surface area (Å²) in [5.41, 5.74) is 6.29. The Bertz CT molecular complexity index is 492. The quantitative estimate of drug-likeness (QED) is 0.805. The van der Waals surface area contributed by atoms with Gasteiger partial charge in [-0.2, -0.15) is 0 Å². The van der Waals surface area contributed by atoms with Crippen LogP contribution in [0.1, 0.15) is 33.3 Å². The van der Waals surface area contributed by atoms with E-state index in [9.17, 15) is 9.59 Å². The largest absolute Gasteiger partial charge is 0.480 e. The highest BCUT2D eigenvalue weighted by molar-refractivity contribution is 5.90. The van der Waals surface area contributed by atoms with Crippen molar-refractivity contribution >= 4 is 17.6 Å². The van der Waals surface area contributed by atoms with E-state index in [0.29, 0.717) is 5.69 Å².